The molecule has 0 N–H and O–H groups in total. The molecule has 0 heterocycles. The Morgan fingerprint density at radius 3 is 1.23 bits per heavy atom. The molecule has 47 heavy (non-hydrogen) atoms. The molecule has 276 valence electrons. The van der Waals surface area contributed by atoms with Gasteiger partial charge in [0.2, 0.25) is 11.8 Å². The molecule has 0 saturated heterocycles. The van der Waals surface area contributed by atoms with Crippen LogP contribution in [0.4, 0.5) is 0 Å². The number of ether oxygens (including phenoxy) is 4. The van der Waals surface area contributed by atoms with Gasteiger partial charge in [0.05, 0.1) is 25.9 Å². The number of amides is 2. The number of nitrogens with zero attached hydrogens (tertiary/aromatic N) is 2. The van der Waals surface area contributed by atoms with Crippen LogP contribution < -0.4 is 0 Å². The number of esters is 2. The van der Waals surface area contributed by atoms with E-state index < -0.39 is 0 Å². The SMILES string of the molecule is CCOC(=O)CCCCCCCCCCCN(C)C(=O)COC[C@@H](C)OCC(=O)N(C)CCCCCCCCCCCC(=O)OCC. The molecule has 0 fully saturated rings. The van der Waals surface area contributed by atoms with Crippen molar-refractivity contribution in [1.82, 2.24) is 9.80 Å². The van der Waals surface area contributed by atoms with Crippen LogP contribution in [0.2, 0.25) is 0 Å². The average molecular weight is 671 g/mol. The van der Waals surface area contributed by atoms with Crippen molar-refractivity contribution in [2.45, 2.75) is 155 Å². The first-order valence-electron chi connectivity index (χ1n) is 18.7. The van der Waals surface area contributed by atoms with Crippen LogP contribution in [0.15, 0.2) is 0 Å². The zero-order valence-corrected chi connectivity index (χ0v) is 30.8. The molecular weight excluding hydrogens is 600 g/mol. The number of likely N-dealkylation sites (N-methyl/N-ethyl adjacent to an activating group) is 2. The van der Waals surface area contributed by atoms with Gasteiger partial charge in [-0.2, -0.15) is 0 Å². The topological polar surface area (TPSA) is 112 Å². The summed E-state index contributed by atoms with van der Waals surface area (Å²) >= 11 is 0. The Hall–Kier alpha value is -2.20. The molecule has 2 amide bonds. The monoisotopic (exact) mass is 671 g/mol. The number of carbonyl (C=O) groups excluding carboxylic acids is 4. The smallest absolute Gasteiger partial charge is 0.305 e. The number of hydrogen-bond donors (Lipinski definition) is 0. The summed E-state index contributed by atoms with van der Waals surface area (Å²) in [5.41, 5.74) is 0. The third kappa shape index (κ3) is 29.7. The second-order valence-corrected chi connectivity index (χ2v) is 12.7. The molecular formula is C37H70N2O8. The summed E-state index contributed by atoms with van der Waals surface area (Å²) in [5, 5.41) is 0. The van der Waals surface area contributed by atoms with Crippen molar-refractivity contribution >= 4 is 23.8 Å². The Bertz CT molecular complexity index is 794. The fourth-order valence-electron chi connectivity index (χ4n) is 5.22. The zero-order chi connectivity index (χ0) is 35.0. The molecule has 0 unspecified atom stereocenters. The quantitative estimate of drug-likeness (QED) is 0.0530. The molecule has 0 aliphatic carbocycles. The van der Waals surface area contributed by atoms with Gasteiger partial charge >= 0.3 is 11.9 Å². The highest BCUT2D eigenvalue weighted by Gasteiger charge is 2.13. The summed E-state index contributed by atoms with van der Waals surface area (Å²) in [6.45, 7) is 8.19. The van der Waals surface area contributed by atoms with Crippen LogP contribution in [-0.2, 0) is 38.1 Å². The van der Waals surface area contributed by atoms with E-state index in [1.165, 1.54) is 64.2 Å². The Morgan fingerprint density at radius 1 is 0.511 bits per heavy atom. The van der Waals surface area contributed by atoms with Crippen LogP contribution in [0.1, 0.15) is 149 Å². The number of carbonyl (C=O) groups is 4. The molecule has 0 bridgehead atoms. The van der Waals surface area contributed by atoms with Gasteiger partial charge in [-0.15, -0.1) is 0 Å². The highest BCUT2D eigenvalue weighted by Crippen LogP contribution is 2.13. The maximum absolute atomic E-state index is 12.4. The summed E-state index contributed by atoms with van der Waals surface area (Å²) in [5.74, 6) is -0.254. The van der Waals surface area contributed by atoms with E-state index >= 15 is 0 Å². The van der Waals surface area contributed by atoms with Crippen molar-refractivity contribution in [2.75, 3.05) is 60.2 Å². The number of rotatable bonds is 33. The first kappa shape index (κ1) is 44.8. The predicted octanol–water partition coefficient (Wildman–Crippen LogP) is 7.25. The van der Waals surface area contributed by atoms with Crippen LogP contribution in [0.5, 0.6) is 0 Å². The van der Waals surface area contributed by atoms with Crippen molar-refractivity contribution < 1.29 is 38.1 Å². The third-order valence-electron chi connectivity index (χ3n) is 8.28. The lowest BCUT2D eigenvalue weighted by Crippen LogP contribution is -2.34. The average Bonchev–Trinajstić information content (AvgIpc) is 3.04. The summed E-state index contributed by atoms with van der Waals surface area (Å²) in [7, 11) is 3.63. The van der Waals surface area contributed by atoms with Gasteiger partial charge in [0.15, 0.2) is 0 Å². The van der Waals surface area contributed by atoms with Crippen LogP contribution in [0, 0.1) is 0 Å². The molecule has 0 aromatic rings. The van der Waals surface area contributed by atoms with E-state index in [9.17, 15) is 19.2 Å². The van der Waals surface area contributed by atoms with Crippen LogP contribution in [-0.4, -0.2) is 99.9 Å². The highest BCUT2D eigenvalue weighted by molar-refractivity contribution is 5.77. The molecule has 0 aromatic heterocycles. The summed E-state index contributed by atoms with van der Waals surface area (Å²) in [6, 6.07) is 0. The van der Waals surface area contributed by atoms with Crippen molar-refractivity contribution in [2.24, 2.45) is 0 Å². The standard InChI is InChI=1S/C37H70N2O8/c1-6-45-36(42)26-22-18-14-10-8-12-16-20-24-28-38(4)34(40)31-44-30-33(3)47-32-35(41)39(5)29-25-21-17-13-9-11-15-19-23-27-37(43)46-7-2/h33H,6-32H2,1-5H3/t33-/m1/s1. The lowest BCUT2D eigenvalue weighted by atomic mass is 10.1. The fraction of sp³-hybridized carbons (Fsp3) is 0.892. The van der Waals surface area contributed by atoms with Crippen LogP contribution in [0.25, 0.3) is 0 Å². The second kappa shape index (κ2) is 32.4. The molecule has 10 nitrogen and oxygen atoms in total. The Morgan fingerprint density at radius 2 is 0.851 bits per heavy atom. The lowest BCUT2D eigenvalue weighted by Gasteiger charge is -2.20. The Kier molecular flexibility index (Phi) is 30.8. The van der Waals surface area contributed by atoms with E-state index in [0.717, 1.165) is 64.5 Å². The van der Waals surface area contributed by atoms with Gasteiger partial charge in [0.1, 0.15) is 13.2 Å². The molecule has 1 atom stereocenters. The molecule has 0 rings (SSSR count). The Balaban J connectivity index is 3.64. The second-order valence-electron chi connectivity index (χ2n) is 12.7. The van der Waals surface area contributed by atoms with Gasteiger partial charge in [-0.3, -0.25) is 19.2 Å². The molecule has 0 aliphatic rings. The maximum Gasteiger partial charge on any atom is 0.305 e. The molecule has 0 saturated carbocycles. The first-order valence-corrected chi connectivity index (χ1v) is 18.7. The fourth-order valence-corrected chi connectivity index (χ4v) is 5.22. The largest absolute Gasteiger partial charge is 0.466 e. The minimum absolute atomic E-state index is 0.0144. The third-order valence-corrected chi connectivity index (χ3v) is 8.28. The molecule has 0 aromatic carbocycles. The van der Waals surface area contributed by atoms with Gasteiger partial charge in [0.25, 0.3) is 0 Å². The van der Waals surface area contributed by atoms with Gasteiger partial charge in [-0.05, 0) is 46.5 Å². The number of unbranched alkanes of at least 4 members (excludes halogenated alkanes) is 16. The predicted molar refractivity (Wildman–Crippen MR) is 187 cm³/mol. The van der Waals surface area contributed by atoms with E-state index in [0.29, 0.717) is 26.1 Å². The highest BCUT2D eigenvalue weighted by atomic mass is 16.5. The van der Waals surface area contributed by atoms with Crippen molar-refractivity contribution in [1.29, 1.82) is 0 Å². The minimum atomic E-state index is -0.270. The van der Waals surface area contributed by atoms with Gasteiger partial charge < -0.3 is 28.7 Å². The number of hydrogen-bond acceptors (Lipinski definition) is 8. The summed E-state index contributed by atoms with van der Waals surface area (Å²) in [6.07, 6.45) is 20.9. The molecule has 0 aliphatic heterocycles. The van der Waals surface area contributed by atoms with E-state index in [1.54, 1.807) is 9.80 Å². The Labute approximate surface area is 286 Å². The van der Waals surface area contributed by atoms with E-state index in [2.05, 4.69) is 0 Å². The molecule has 0 spiro atoms. The summed E-state index contributed by atoms with van der Waals surface area (Å²) < 4.78 is 21.1. The molecule has 10 heteroatoms. The zero-order valence-electron chi connectivity index (χ0n) is 30.8. The minimum Gasteiger partial charge on any atom is -0.466 e. The van der Waals surface area contributed by atoms with E-state index in [-0.39, 0.29) is 49.7 Å². The van der Waals surface area contributed by atoms with Crippen molar-refractivity contribution in [3.63, 3.8) is 0 Å². The molecule has 0 radical (unpaired) electrons. The van der Waals surface area contributed by atoms with E-state index in [4.69, 9.17) is 18.9 Å². The van der Waals surface area contributed by atoms with Crippen molar-refractivity contribution in [3.8, 4) is 0 Å². The van der Waals surface area contributed by atoms with Gasteiger partial charge in [-0.1, -0.05) is 89.9 Å². The van der Waals surface area contributed by atoms with Crippen LogP contribution in [0.3, 0.4) is 0 Å². The lowest BCUT2D eigenvalue weighted by molar-refractivity contribution is -0.144. The van der Waals surface area contributed by atoms with Gasteiger partial charge in [0, 0.05) is 40.0 Å². The van der Waals surface area contributed by atoms with Crippen molar-refractivity contribution in [3.05, 3.63) is 0 Å². The summed E-state index contributed by atoms with van der Waals surface area (Å²) in [4.78, 5) is 50.9. The normalized spacial score (nSPS) is 11.7. The van der Waals surface area contributed by atoms with Crippen LogP contribution >= 0.6 is 0 Å². The van der Waals surface area contributed by atoms with E-state index in [1.807, 2.05) is 34.9 Å². The van der Waals surface area contributed by atoms with Gasteiger partial charge in [-0.25, -0.2) is 0 Å². The maximum atomic E-state index is 12.4. The first-order chi connectivity index (χ1) is 22.7.